The zero-order valence-electron chi connectivity index (χ0n) is 11.1. The van der Waals surface area contributed by atoms with Gasteiger partial charge in [-0.3, -0.25) is 9.59 Å². The molecule has 1 aliphatic rings. The Balaban J connectivity index is 1.89. The number of aryl methyl sites for hydroxylation is 1. The molecule has 2 rings (SSSR count). The van der Waals surface area contributed by atoms with Crippen molar-refractivity contribution >= 4 is 11.9 Å². The first-order chi connectivity index (χ1) is 9.07. The lowest BCUT2D eigenvalue weighted by atomic mass is 9.84. The standard InChI is InChI=1S/C13H19N3O3/c1-2-13(12(18)19)4-7-16(9-13)11(17)3-6-15-8-5-14-10-15/h5,8,10H,2-4,6-7,9H2,1H3,(H,18,19). The average Bonchev–Trinajstić information content (AvgIpc) is 3.05. The summed E-state index contributed by atoms with van der Waals surface area (Å²) in [5.41, 5.74) is -0.745. The van der Waals surface area contributed by atoms with Gasteiger partial charge in [-0.2, -0.15) is 0 Å². The van der Waals surface area contributed by atoms with Crippen LogP contribution in [0.3, 0.4) is 0 Å². The molecular formula is C13H19N3O3. The molecule has 1 saturated heterocycles. The molecule has 2 heterocycles. The molecule has 1 fully saturated rings. The number of carbonyl (C=O) groups excluding carboxylic acids is 1. The minimum atomic E-state index is -0.792. The number of amides is 1. The summed E-state index contributed by atoms with van der Waals surface area (Å²) in [6, 6.07) is 0. The lowest BCUT2D eigenvalue weighted by Gasteiger charge is -2.23. The molecule has 6 nitrogen and oxygen atoms in total. The maximum absolute atomic E-state index is 12.1. The van der Waals surface area contributed by atoms with Gasteiger partial charge < -0.3 is 14.6 Å². The van der Waals surface area contributed by atoms with Gasteiger partial charge in [0.1, 0.15) is 0 Å². The molecule has 1 N–H and O–H groups in total. The van der Waals surface area contributed by atoms with E-state index < -0.39 is 11.4 Å². The molecule has 0 aromatic carbocycles. The van der Waals surface area contributed by atoms with Gasteiger partial charge in [0.15, 0.2) is 0 Å². The second-order valence-corrected chi connectivity index (χ2v) is 5.05. The molecule has 1 atom stereocenters. The summed E-state index contributed by atoms with van der Waals surface area (Å²) in [6.07, 6.45) is 6.65. The third-order valence-electron chi connectivity index (χ3n) is 3.98. The van der Waals surface area contributed by atoms with Gasteiger partial charge in [0.2, 0.25) is 5.91 Å². The molecule has 6 heteroatoms. The van der Waals surface area contributed by atoms with Crippen LogP contribution >= 0.6 is 0 Å². The number of carboxylic acid groups (broad SMARTS) is 1. The van der Waals surface area contributed by atoms with E-state index in [2.05, 4.69) is 4.98 Å². The van der Waals surface area contributed by atoms with E-state index in [9.17, 15) is 14.7 Å². The van der Waals surface area contributed by atoms with Gasteiger partial charge in [0, 0.05) is 38.4 Å². The number of aromatic nitrogens is 2. The van der Waals surface area contributed by atoms with Crippen LogP contribution in [0.5, 0.6) is 0 Å². The maximum Gasteiger partial charge on any atom is 0.311 e. The summed E-state index contributed by atoms with van der Waals surface area (Å²) in [4.78, 5) is 29.0. The molecule has 0 radical (unpaired) electrons. The third-order valence-corrected chi connectivity index (χ3v) is 3.98. The number of hydrogen-bond donors (Lipinski definition) is 1. The van der Waals surface area contributed by atoms with Gasteiger partial charge in [-0.15, -0.1) is 0 Å². The van der Waals surface area contributed by atoms with E-state index in [0.29, 0.717) is 38.9 Å². The highest BCUT2D eigenvalue weighted by molar-refractivity contribution is 5.80. The fourth-order valence-corrected chi connectivity index (χ4v) is 2.50. The molecule has 0 aliphatic carbocycles. The molecule has 1 amide bonds. The topological polar surface area (TPSA) is 75.4 Å². The fraction of sp³-hybridized carbons (Fsp3) is 0.615. The second-order valence-electron chi connectivity index (χ2n) is 5.05. The molecule has 104 valence electrons. The van der Waals surface area contributed by atoms with Crippen LogP contribution in [0.15, 0.2) is 18.7 Å². The van der Waals surface area contributed by atoms with Crippen molar-refractivity contribution in [3.8, 4) is 0 Å². The maximum atomic E-state index is 12.1. The van der Waals surface area contributed by atoms with Gasteiger partial charge in [-0.25, -0.2) is 4.98 Å². The van der Waals surface area contributed by atoms with Crippen LogP contribution in [-0.4, -0.2) is 44.5 Å². The van der Waals surface area contributed by atoms with Crippen LogP contribution in [0.25, 0.3) is 0 Å². The largest absolute Gasteiger partial charge is 0.481 e. The van der Waals surface area contributed by atoms with Crippen LogP contribution in [0.2, 0.25) is 0 Å². The summed E-state index contributed by atoms with van der Waals surface area (Å²) in [5, 5.41) is 9.29. The minimum Gasteiger partial charge on any atom is -0.481 e. The lowest BCUT2D eigenvalue weighted by molar-refractivity contribution is -0.148. The summed E-state index contributed by atoms with van der Waals surface area (Å²) >= 11 is 0. The van der Waals surface area contributed by atoms with Crippen molar-refractivity contribution < 1.29 is 14.7 Å². The van der Waals surface area contributed by atoms with Crippen LogP contribution in [-0.2, 0) is 16.1 Å². The Kier molecular flexibility index (Phi) is 3.87. The Labute approximate surface area is 112 Å². The fourth-order valence-electron chi connectivity index (χ4n) is 2.50. The highest BCUT2D eigenvalue weighted by Crippen LogP contribution is 2.34. The Hall–Kier alpha value is -1.85. The van der Waals surface area contributed by atoms with E-state index in [1.807, 2.05) is 17.7 Å². The van der Waals surface area contributed by atoms with E-state index in [1.54, 1.807) is 17.4 Å². The molecule has 0 spiro atoms. The third kappa shape index (κ3) is 2.77. The first-order valence-electron chi connectivity index (χ1n) is 6.54. The minimum absolute atomic E-state index is 0.0188. The first-order valence-corrected chi connectivity index (χ1v) is 6.54. The van der Waals surface area contributed by atoms with Gasteiger partial charge in [0.05, 0.1) is 11.7 Å². The van der Waals surface area contributed by atoms with Crippen molar-refractivity contribution in [2.75, 3.05) is 13.1 Å². The van der Waals surface area contributed by atoms with E-state index in [-0.39, 0.29) is 5.91 Å². The van der Waals surface area contributed by atoms with Crippen LogP contribution < -0.4 is 0 Å². The second kappa shape index (κ2) is 5.42. The van der Waals surface area contributed by atoms with Crippen molar-refractivity contribution in [3.05, 3.63) is 18.7 Å². The number of hydrogen-bond acceptors (Lipinski definition) is 3. The van der Waals surface area contributed by atoms with E-state index in [0.717, 1.165) is 0 Å². The number of likely N-dealkylation sites (tertiary alicyclic amines) is 1. The number of nitrogens with zero attached hydrogens (tertiary/aromatic N) is 3. The summed E-state index contributed by atoms with van der Waals surface area (Å²) < 4.78 is 1.85. The smallest absolute Gasteiger partial charge is 0.311 e. The summed E-state index contributed by atoms with van der Waals surface area (Å²) in [5.74, 6) is -0.773. The van der Waals surface area contributed by atoms with Gasteiger partial charge in [-0.05, 0) is 12.8 Å². The zero-order valence-corrected chi connectivity index (χ0v) is 11.1. The van der Waals surface area contributed by atoms with Crippen molar-refractivity contribution in [3.63, 3.8) is 0 Å². The lowest BCUT2D eigenvalue weighted by Crippen LogP contribution is -2.36. The highest BCUT2D eigenvalue weighted by atomic mass is 16.4. The molecule has 19 heavy (non-hydrogen) atoms. The van der Waals surface area contributed by atoms with Crippen LogP contribution in [0, 0.1) is 5.41 Å². The van der Waals surface area contributed by atoms with Crippen molar-refractivity contribution in [1.82, 2.24) is 14.5 Å². The van der Waals surface area contributed by atoms with Gasteiger partial charge in [0.25, 0.3) is 0 Å². The predicted molar refractivity (Wildman–Crippen MR) is 68.4 cm³/mol. The molecule has 1 aromatic rings. The predicted octanol–water partition coefficient (Wildman–Crippen LogP) is 0.986. The van der Waals surface area contributed by atoms with Crippen molar-refractivity contribution in [2.45, 2.75) is 32.7 Å². The number of rotatable bonds is 5. The molecule has 0 bridgehead atoms. The number of carbonyl (C=O) groups is 2. The highest BCUT2D eigenvalue weighted by Gasteiger charge is 2.44. The van der Waals surface area contributed by atoms with Crippen LogP contribution in [0.1, 0.15) is 26.2 Å². The summed E-state index contributed by atoms with van der Waals surface area (Å²) in [7, 11) is 0. The molecule has 1 aliphatic heterocycles. The molecule has 0 saturated carbocycles. The number of carboxylic acids is 1. The summed E-state index contributed by atoms with van der Waals surface area (Å²) in [6.45, 7) is 3.33. The number of imidazole rings is 1. The Morgan fingerprint density at radius 1 is 1.47 bits per heavy atom. The SMILES string of the molecule is CCC1(C(=O)O)CCN(C(=O)CCn2ccnc2)C1. The monoisotopic (exact) mass is 265 g/mol. The average molecular weight is 265 g/mol. The van der Waals surface area contributed by atoms with E-state index in [4.69, 9.17) is 0 Å². The quantitative estimate of drug-likeness (QED) is 0.861. The molecule has 1 aromatic heterocycles. The normalized spacial score (nSPS) is 22.7. The van der Waals surface area contributed by atoms with Crippen LogP contribution in [0.4, 0.5) is 0 Å². The van der Waals surface area contributed by atoms with Crippen molar-refractivity contribution in [2.24, 2.45) is 5.41 Å². The Morgan fingerprint density at radius 3 is 2.79 bits per heavy atom. The molecule has 1 unspecified atom stereocenters. The van der Waals surface area contributed by atoms with E-state index in [1.165, 1.54) is 0 Å². The first kappa shape index (κ1) is 13.6. The van der Waals surface area contributed by atoms with Gasteiger partial charge >= 0.3 is 5.97 Å². The van der Waals surface area contributed by atoms with E-state index >= 15 is 0 Å². The number of aliphatic carboxylic acids is 1. The Bertz CT molecular complexity index is 458. The van der Waals surface area contributed by atoms with Crippen molar-refractivity contribution in [1.29, 1.82) is 0 Å². The Morgan fingerprint density at radius 2 is 2.26 bits per heavy atom. The molecular weight excluding hydrogens is 246 g/mol. The van der Waals surface area contributed by atoms with Gasteiger partial charge in [-0.1, -0.05) is 6.92 Å². The zero-order chi connectivity index (χ0) is 13.9.